The van der Waals surface area contributed by atoms with Gasteiger partial charge in [-0.05, 0) is 12.1 Å². The Morgan fingerprint density at radius 3 is 3.07 bits per heavy atom. The Labute approximate surface area is 80.2 Å². The van der Waals surface area contributed by atoms with Crippen molar-refractivity contribution in [3.8, 4) is 0 Å². The highest BCUT2D eigenvalue weighted by molar-refractivity contribution is 6.08. The molecular formula is C10H7N3O. The molecule has 0 radical (unpaired) electrons. The van der Waals surface area contributed by atoms with Crippen molar-refractivity contribution in [2.24, 2.45) is 0 Å². The summed E-state index contributed by atoms with van der Waals surface area (Å²) < 4.78 is 1.89. The van der Waals surface area contributed by atoms with Gasteiger partial charge in [0.15, 0.2) is 0 Å². The van der Waals surface area contributed by atoms with Crippen LogP contribution in [0.2, 0.25) is 0 Å². The van der Waals surface area contributed by atoms with Crippen molar-refractivity contribution in [1.82, 2.24) is 14.5 Å². The maximum atomic E-state index is 11.8. The van der Waals surface area contributed by atoms with Gasteiger partial charge in [0.1, 0.15) is 5.69 Å². The number of nitrogens with zero attached hydrogens (tertiary/aromatic N) is 3. The minimum atomic E-state index is -0.0376. The first-order chi connectivity index (χ1) is 6.86. The molecule has 4 heteroatoms. The monoisotopic (exact) mass is 185 g/mol. The van der Waals surface area contributed by atoms with Gasteiger partial charge in [0.2, 0.25) is 5.78 Å². The first-order valence-electron chi connectivity index (χ1n) is 4.36. The molecular weight excluding hydrogens is 178 g/mol. The summed E-state index contributed by atoms with van der Waals surface area (Å²) in [6.07, 6.45) is 5.04. The van der Waals surface area contributed by atoms with Crippen LogP contribution in [-0.2, 0) is 6.54 Å². The molecule has 4 nitrogen and oxygen atoms in total. The van der Waals surface area contributed by atoms with Gasteiger partial charge in [-0.1, -0.05) is 0 Å². The highest BCUT2D eigenvalue weighted by Gasteiger charge is 2.24. The molecule has 0 amide bonds. The number of aromatic nitrogens is 3. The van der Waals surface area contributed by atoms with Crippen LogP contribution in [0.1, 0.15) is 21.9 Å². The van der Waals surface area contributed by atoms with Crippen LogP contribution < -0.4 is 0 Å². The largest absolute Gasteiger partial charge is 0.339 e. The van der Waals surface area contributed by atoms with Crippen molar-refractivity contribution in [1.29, 1.82) is 0 Å². The van der Waals surface area contributed by atoms with Gasteiger partial charge >= 0.3 is 0 Å². The summed E-state index contributed by atoms with van der Waals surface area (Å²) in [6.45, 7) is 0.636. The number of ketones is 1. The fourth-order valence-electron chi connectivity index (χ4n) is 1.71. The Morgan fingerprint density at radius 1 is 1.29 bits per heavy atom. The molecule has 68 valence electrons. The molecule has 0 saturated heterocycles. The van der Waals surface area contributed by atoms with E-state index in [1.54, 1.807) is 18.5 Å². The fraction of sp³-hybridized carbons (Fsp3) is 0.100. The van der Waals surface area contributed by atoms with Crippen molar-refractivity contribution in [3.63, 3.8) is 0 Å². The Bertz CT molecular complexity index is 516. The van der Waals surface area contributed by atoms with Crippen LogP contribution in [0.4, 0.5) is 0 Å². The van der Waals surface area contributed by atoms with Crippen LogP contribution in [0.5, 0.6) is 0 Å². The quantitative estimate of drug-likeness (QED) is 0.522. The van der Waals surface area contributed by atoms with E-state index in [9.17, 15) is 4.79 Å². The van der Waals surface area contributed by atoms with Crippen molar-refractivity contribution in [2.45, 2.75) is 6.54 Å². The first kappa shape index (κ1) is 7.44. The first-order valence-corrected chi connectivity index (χ1v) is 4.36. The summed E-state index contributed by atoms with van der Waals surface area (Å²) in [5, 5.41) is 0. The summed E-state index contributed by atoms with van der Waals surface area (Å²) in [5.41, 5.74) is 1.93. The standard InChI is InChI=1S/C10H7N3O/c14-10-8-2-1-5-13(8)6-7-9(10)12-4-3-11-7/h1-5H,6H2. The van der Waals surface area contributed by atoms with E-state index < -0.39 is 0 Å². The lowest BCUT2D eigenvalue weighted by Gasteiger charge is -2.15. The molecule has 0 saturated carbocycles. The molecule has 1 aliphatic rings. The topological polar surface area (TPSA) is 47.8 Å². The molecule has 0 spiro atoms. The second-order valence-corrected chi connectivity index (χ2v) is 3.20. The zero-order chi connectivity index (χ0) is 9.54. The fourth-order valence-corrected chi connectivity index (χ4v) is 1.71. The van der Waals surface area contributed by atoms with Crippen LogP contribution in [0.25, 0.3) is 0 Å². The van der Waals surface area contributed by atoms with Gasteiger partial charge in [-0.25, -0.2) is 4.98 Å². The Morgan fingerprint density at radius 2 is 2.14 bits per heavy atom. The number of fused-ring (bicyclic) bond motifs is 2. The van der Waals surface area contributed by atoms with Gasteiger partial charge in [-0.3, -0.25) is 9.78 Å². The Balaban J connectivity index is 2.26. The second-order valence-electron chi connectivity index (χ2n) is 3.20. The lowest BCUT2D eigenvalue weighted by molar-refractivity contribution is 0.101. The zero-order valence-corrected chi connectivity index (χ0v) is 7.34. The molecule has 2 aromatic heterocycles. The molecule has 0 atom stereocenters. The van der Waals surface area contributed by atoms with E-state index in [-0.39, 0.29) is 5.78 Å². The van der Waals surface area contributed by atoms with Gasteiger partial charge < -0.3 is 4.57 Å². The summed E-state index contributed by atoms with van der Waals surface area (Å²) in [4.78, 5) is 20.0. The molecule has 0 fully saturated rings. The normalized spacial score (nSPS) is 13.6. The Kier molecular flexibility index (Phi) is 1.33. The smallest absolute Gasteiger partial charge is 0.229 e. The third-order valence-electron chi connectivity index (χ3n) is 2.37. The number of hydrogen-bond acceptors (Lipinski definition) is 3. The van der Waals surface area contributed by atoms with Crippen LogP contribution >= 0.6 is 0 Å². The molecule has 3 rings (SSSR count). The molecule has 1 aliphatic heterocycles. The van der Waals surface area contributed by atoms with Crippen molar-refractivity contribution >= 4 is 5.78 Å². The zero-order valence-electron chi connectivity index (χ0n) is 7.34. The van der Waals surface area contributed by atoms with Crippen molar-refractivity contribution < 1.29 is 4.79 Å². The lowest BCUT2D eigenvalue weighted by Crippen LogP contribution is -2.21. The molecule has 2 aromatic rings. The number of hydrogen-bond donors (Lipinski definition) is 0. The maximum Gasteiger partial charge on any atom is 0.229 e. The van der Waals surface area contributed by atoms with Gasteiger partial charge in [0.05, 0.1) is 17.9 Å². The number of rotatable bonds is 0. The predicted molar refractivity (Wildman–Crippen MR) is 49.0 cm³/mol. The van der Waals surface area contributed by atoms with Crippen molar-refractivity contribution in [3.05, 3.63) is 47.8 Å². The van der Waals surface area contributed by atoms with Gasteiger partial charge in [-0.15, -0.1) is 0 Å². The van der Waals surface area contributed by atoms with Crippen LogP contribution in [0, 0.1) is 0 Å². The third-order valence-corrected chi connectivity index (χ3v) is 2.37. The summed E-state index contributed by atoms with van der Waals surface area (Å²) in [5.74, 6) is -0.0376. The average molecular weight is 185 g/mol. The molecule has 3 heterocycles. The minimum absolute atomic E-state index is 0.0376. The molecule has 0 aliphatic carbocycles. The van der Waals surface area contributed by atoms with Gasteiger partial charge in [0, 0.05) is 18.6 Å². The van der Waals surface area contributed by atoms with E-state index in [0.717, 1.165) is 5.69 Å². The van der Waals surface area contributed by atoms with E-state index >= 15 is 0 Å². The summed E-state index contributed by atoms with van der Waals surface area (Å²) >= 11 is 0. The third kappa shape index (κ3) is 0.849. The van der Waals surface area contributed by atoms with E-state index in [4.69, 9.17) is 0 Å². The SMILES string of the molecule is O=C1c2nccnc2Cn2cccc21. The highest BCUT2D eigenvalue weighted by atomic mass is 16.1. The molecule has 14 heavy (non-hydrogen) atoms. The molecule has 0 unspecified atom stereocenters. The minimum Gasteiger partial charge on any atom is -0.339 e. The van der Waals surface area contributed by atoms with Crippen molar-refractivity contribution in [2.75, 3.05) is 0 Å². The van der Waals surface area contributed by atoms with Crippen LogP contribution in [0.15, 0.2) is 30.7 Å². The van der Waals surface area contributed by atoms with E-state index in [1.165, 1.54) is 0 Å². The molecule has 0 N–H and O–H groups in total. The number of carbonyl (C=O) groups is 1. The van der Waals surface area contributed by atoms with Gasteiger partial charge in [0.25, 0.3) is 0 Å². The average Bonchev–Trinajstić information content (AvgIpc) is 2.66. The summed E-state index contributed by atoms with van der Waals surface area (Å²) in [7, 11) is 0. The number of carbonyl (C=O) groups excluding carboxylic acids is 1. The van der Waals surface area contributed by atoms with Gasteiger partial charge in [-0.2, -0.15) is 0 Å². The van der Waals surface area contributed by atoms with Crippen LogP contribution in [-0.4, -0.2) is 20.3 Å². The van der Waals surface area contributed by atoms with E-state index in [1.807, 2.05) is 16.8 Å². The summed E-state index contributed by atoms with van der Waals surface area (Å²) in [6, 6.07) is 3.67. The molecule has 0 aromatic carbocycles. The van der Waals surface area contributed by atoms with E-state index in [2.05, 4.69) is 9.97 Å². The molecule has 0 bridgehead atoms. The predicted octanol–water partition coefficient (Wildman–Crippen LogP) is 0.871. The Hall–Kier alpha value is -1.97. The van der Waals surface area contributed by atoms with E-state index in [0.29, 0.717) is 17.9 Å². The maximum absolute atomic E-state index is 11.8. The van der Waals surface area contributed by atoms with Crippen LogP contribution in [0.3, 0.4) is 0 Å². The lowest BCUT2D eigenvalue weighted by atomic mass is 10.1. The second kappa shape index (κ2) is 2.51. The highest BCUT2D eigenvalue weighted by Crippen LogP contribution is 2.18.